The molecule has 7 rings (SSSR count). The first-order valence-corrected chi connectivity index (χ1v) is 12.1. The van der Waals surface area contributed by atoms with E-state index in [9.17, 15) is 19.2 Å². The van der Waals surface area contributed by atoms with E-state index >= 15 is 0 Å². The number of nitrogens with zero attached hydrogens (tertiary/aromatic N) is 1. The number of carbonyl (C=O) groups excluding carboxylic acids is 4. The van der Waals surface area contributed by atoms with Crippen LogP contribution in [0, 0.1) is 35.5 Å². The maximum absolute atomic E-state index is 13.6. The van der Waals surface area contributed by atoms with Gasteiger partial charge < -0.3 is 10.1 Å². The maximum Gasteiger partial charge on any atom is 0.330 e. The van der Waals surface area contributed by atoms with Crippen LogP contribution in [0.2, 0.25) is 0 Å². The van der Waals surface area contributed by atoms with Gasteiger partial charge in [-0.2, -0.15) is 0 Å². The average molecular weight is 471 g/mol. The lowest BCUT2D eigenvalue weighted by atomic mass is 9.63. The molecule has 35 heavy (non-hydrogen) atoms. The van der Waals surface area contributed by atoms with E-state index in [0.717, 1.165) is 16.9 Å². The van der Waals surface area contributed by atoms with Gasteiger partial charge in [0, 0.05) is 12.1 Å². The Morgan fingerprint density at radius 1 is 0.886 bits per heavy atom. The highest BCUT2D eigenvalue weighted by atomic mass is 16.5. The standard InChI is InChI=1S/C28H26N2O5/c31-23(29-17-9-5-2-6-10-17)15-35-28(34)22(13-16-7-3-1-4-8-16)30-26(32)24-18-11-12-19(21-14-20(18)21)25(24)27(30)33/h1-12,18-22,24-25H,13-15H2,(H,29,31)/t18-,19-,20-,21+,22-,24+,25+/m0/s1. The van der Waals surface area contributed by atoms with Gasteiger partial charge in [-0.25, -0.2) is 4.79 Å². The highest BCUT2D eigenvalue weighted by molar-refractivity contribution is 6.09. The van der Waals surface area contributed by atoms with Gasteiger partial charge in [0.1, 0.15) is 6.04 Å². The van der Waals surface area contributed by atoms with Crippen LogP contribution in [0.5, 0.6) is 0 Å². The molecular weight excluding hydrogens is 444 g/mol. The van der Waals surface area contributed by atoms with Crippen LogP contribution in [-0.2, 0) is 30.3 Å². The van der Waals surface area contributed by atoms with Crippen molar-refractivity contribution < 1.29 is 23.9 Å². The molecule has 7 atom stereocenters. The van der Waals surface area contributed by atoms with Gasteiger partial charge in [-0.3, -0.25) is 19.3 Å². The van der Waals surface area contributed by atoms with Crippen molar-refractivity contribution in [1.82, 2.24) is 4.90 Å². The number of hydrogen-bond acceptors (Lipinski definition) is 5. The number of rotatable bonds is 7. The zero-order valence-electron chi connectivity index (χ0n) is 19.1. The van der Waals surface area contributed by atoms with Crippen LogP contribution in [-0.4, -0.2) is 41.2 Å². The van der Waals surface area contributed by atoms with Crippen molar-refractivity contribution in [2.24, 2.45) is 35.5 Å². The van der Waals surface area contributed by atoms with Gasteiger partial charge >= 0.3 is 5.97 Å². The topological polar surface area (TPSA) is 92.8 Å². The number of carbonyl (C=O) groups is 4. The Morgan fingerprint density at radius 2 is 1.46 bits per heavy atom. The van der Waals surface area contributed by atoms with Gasteiger partial charge in [0.05, 0.1) is 11.8 Å². The van der Waals surface area contributed by atoms with E-state index in [1.54, 1.807) is 24.3 Å². The molecule has 1 aliphatic heterocycles. The normalized spacial score (nSPS) is 30.5. The largest absolute Gasteiger partial charge is 0.454 e. The predicted molar refractivity (Wildman–Crippen MR) is 127 cm³/mol. The molecule has 7 nitrogen and oxygen atoms in total. The number of hydrogen-bond donors (Lipinski definition) is 1. The zero-order chi connectivity index (χ0) is 24.1. The molecule has 0 spiro atoms. The molecule has 0 aromatic heterocycles. The number of anilines is 1. The fourth-order valence-corrected chi connectivity index (χ4v) is 6.36. The second-order valence-electron chi connectivity index (χ2n) is 9.93. The first-order chi connectivity index (χ1) is 17.0. The van der Waals surface area contributed by atoms with Crippen LogP contribution in [0.1, 0.15) is 12.0 Å². The van der Waals surface area contributed by atoms with Crippen LogP contribution in [0.15, 0.2) is 72.8 Å². The lowest BCUT2D eigenvalue weighted by Crippen LogP contribution is -2.48. The predicted octanol–water partition coefficient (Wildman–Crippen LogP) is 2.83. The summed E-state index contributed by atoms with van der Waals surface area (Å²) in [4.78, 5) is 54.0. The van der Waals surface area contributed by atoms with Crippen molar-refractivity contribution in [3.63, 3.8) is 0 Å². The number of benzene rings is 2. The fourth-order valence-electron chi connectivity index (χ4n) is 6.36. The molecule has 3 amide bonds. The summed E-state index contributed by atoms with van der Waals surface area (Å²) in [5.41, 5.74) is 1.40. The molecule has 7 heteroatoms. The number of imide groups is 1. The summed E-state index contributed by atoms with van der Waals surface area (Å²) >= 11 is 0. The Morgan fingerprint density at radius 3 is 2.06 bits per heavy atom. The average Bonchev–Trinajstić information content (AvgIpc) is 3.66. The first-order valence-electron chi connectivity index (χ1n) is 12.1. The van der Waals surface area contributed by atoms with E-state index in [4.69, 9.17) is 4.74 Å². The van der Waals surface area contributed by atoms with E-state index in [0.29, 0.717) is 17.5 Å². The van der Waals surface area contributed by atoms with E-state index < -0.39 is 36.4 Å². The minimum atomic E-state index is -1.11. The Bertz CT molecular complexity index is 1170. The SMILES string of the molecule is O=C(COC(=O)[C@H](Cc1ccccc1)N1C(=O)[C@@H]2[C@H]3C=C[C@@H]([C@@H]4C[C@H]34)[C@H]2C1=O)Nc1ccccc1. The molecule has 2 saturated carbocycles. The number of allylic oxidation sites excluding steroid dienone is 2. The molecule has 4 aliphatic carbocycles. The van der Waals surface area contributed by atoms with Crippen molar-refractivity contribution in [2.75, 3.05) is 11.9 Å². The van der Waals surface area contributed by atoms with E-state index in [-0.39, 0.29) is 30.1 Å². The van der Waals surface area contributed by atoms with E-state index in [1.807, 2.05) is 36.4 Å². The van der Waals surface area contributed by atoms with E-state index in [1.165, 1.54) is 0 Å². The van der Waals surface area contributed by atoms with Gasteiger partial charge in [-0.1, -0.05) is 60.7 Å². The molecular formula is C28H26N2O5. The smallest absolute Gasteiger partial charge is 0.330 e. The molecule has 1 saturated heterocycles. The van der Waals surface area contributed by atoms with Crippen molar-refractivity contribution in [3.05, 3.63) is 78.4 Å². The molecule has 178 valence electrons. The molecule has 5 aliphatic rings. The molecule has 2 aromatic rings. The molecule has 2 bridgehead atoms. The summed E-state index contributed by atoms with van der Waals surface area (Å²) in [6, 6.07) is 17.0. The van der Waals surface area contributed by atoms with Crippen molar-refractivity contribution >= 4 is 29.4 Å². The highest BCUT2D eigenvalue weighted by Crippen LogP contribution is 2.65. The van der Waals surface area contributed by atoms with E-state index in [2.05, 4.69) is 17.5 Å². The monoisotopic (exact) mass is 470 g/mol. The zero-order valence-corrected chi connectivity index (χ0v) is 19.1. The van der Waals surface area contributed by atoms with Crippen LogP contribution in [0.3, 0.4) is 0 Å². The number of nitrogens with one attached hydrogen (secondary N) is 1. The van der Waals surface area contributed by atoms with Gasteiger partial charge in [-0.05, 0) is 47.8 Å². The third kappa shape index (κ3) is 3.75. The van der Waals surface area contributed by atoms with Crippen LogP contribution in [0.4, 0.5) is 5.69 Å². The van der Waals surface area contributed by atoms with Crippen LogP contribution in [0.25, 0.3) is 0 Å². The minimum absolute atomic E-state index is 0.0708. The summed E-state index contributed by atoms with van der Waals surface area (Å²) in [5.74, 6) is -1.49. The van der Waals surface area contributed by atoms with Crippen molar-refractivity contribution in [1.29, 1.82) is 0 Å². The summed E-state index contributed by atoms with van der Waals surface area (Å²) in [5, 5.41) is 2.67. The van der Waals surface area contributed by atoms with Crippen LogP contribution >= 0.6 is 0 Å². The molecule has 1 N–H and O–H groups in total. The second kappa shape index (κ2) is 8.48. The molecule has 2 aromatic carbocycles. The Balaban J connectivity index is 1.22. The summed E-state index contributed by atoms with van der Waals surface area (Å²) in [7, 11) is 0. The summed E-state index contributed by atoms with van der Waals surface area (Å²) in [6.07, 6.45) is 5.43. The molecule has 3 fully saturated rings. The third-order valence-electron chi connectivity index (χ3n) is 7.96. The molecule has 0 radical (unpaired) electrons. The number of likely N-dealkylation sites (tertiary alicyclic amines) is 1. The fraction of sp³-hybridized carbons (Fsp3) is 0.357. The third-order valence-corrected chi connectivity index (χ3v) is 7.96. The quantitative estimate of drug-likeness (QED) is 0.382. The number of esters is 1. The van der Waals surface area contributed by atoms with Gasteiger partial charge in [0.15, 0.2) is 6.61 Å². The lowest BCUT2D eigenvalue weighted by molar-refractivity contribution is -0.160. The molecule has 0 unspecified atom stereocenters. The second-order valence-corrected chi connectivity index (χ2v) is 9.93. The Labute approximate surface area is 203 Å². The van der Waals surface area contributed by atoms with Gasteiger partial charge in [0.25, 0.3) is 5.91 Å². The number of para-hydroxylation sites is 1. The van der Waals surface area contributed by atoms with Gasteiger partial charge in [0.2, 0.25) is 11.8 Å². The number of amides is 3. The molecule has 1 heterocycles. The highest BCUT2D eigenvalue weighted by Gasteiger charge is 2.68. The summed E-state index contributed by atoms with van der Waals surface area (Å²) < 4.78 is 5.36. The first kappa shape index (κ1) is 21.8. The Hall–Kier alpha value is -3.74. The maximum atomic E-state index is 13.6. The Kier molecular flexibility index (Phi) is 5.28. The summed E-state index contributed by atoms with van der Waals surface area (Å²) in [6.45, 7) is -0.501. The van der Waals surface area contributed by atoms with Crippen molar-refractivity contribution in [2.45, 2.75) is 18.9 Å². The minimum Gasteiger partial charge on any atom is -0.454 e. The van der Waals surface area contributed by atoms with Crippen molar-refractivity contribution in [3.8, 4) is 0 Å². The lowest BCUT2D eigenvalue weighted by Gasteiger charge is -2.37. The van der Waals surface area contributed by atoms with Crippen LogP contribution < -0.4 is 5.32 Å². The number of ether oxygens (including phenoxy) is 1. The van der Waals surface area contributed by atoms with Gasteiger partial charge in [-0.15, -0.1) is 0 Å².